The van der Waals surface area contributed by atoms with Crippen LogP contribution in [0.3, 0.4) is 0 Å². The number of nitrogens with one attached hydrogen (secondary N) is 1. The maximum Gasteiger partial charge on any atom is 0.139 e. The molecule has 5 nitrogen and oxygen atoms in total. The van der Waals surface area contributed by atoms with E-state index >= 15 is 0 Å². The average molecular weight is 275 g/mol. The fourth-order valence-electron chi connectivity index (χ4n) is 2.47. The van der Waals surface area contributed by atoms with Crippen molar-refractivity contribution < 1.29 is 0 Å². The quantitative estimate of drug-likeness (QED) is 0.552. The summed E-state index contributed by atoms with van der Waals surface area (Å²) in [5.41, 5.74) is 10.5. The molecule has 0 fully saturated rings. The summed E-state index contributed by atoms with van der Waals surface area (Å²) in [4.78, 5) is 7.40. The van der Waals surface area contributed by atoms with E-state index in [2.05, 4.69) is 15.1 Å². The Morgan fingerprint density at radius 2 is 2.05 bits per heavy atom. The van der Waals surface area contributed by atoms with Gasteiger partial charge < -0.3 is 10.7 Å². The number of H-pyrrole nitrogens is 1. The van der Waals surface area contributed by atoms with Crippen LogP contribution in [0.1, 0.15) is 0 Å². The van der Waals surface area contributed by atoms with Gasteiger partial charge in [-0.2, -0.15) is 5.10 Å². The molecular formula is C16H13N5. The molecule has 0 saturated heterocycles. The lowest BCUT2D eigenvalue weighted by Gasteiger charge is -2.02. The Bertz CT molecular complexity index is 919. The standard InChI is InChI=1S/C16H13N5/c17-13-3-1-2-11(8-13)12-9-20-21(10-12)15-5-7-19-16-14(15)4-6-18-16/h1-10H,17H2,(H,18,19). The van der Waals surface area contributed by atoms with Crippen LogP contribution >= 0.6 is 0 Å². The zero-order valence-electron chi connectivity index (χ0n) is 11.2. The van der Waals surface area contributed by atoms with E-state index in [1.165, 1.54) is 0 Å². The Morgan fingerprint density at radius 1 is 1.10 bits per heavy atom. The van der Waals surface area contributed by atoms with Crippen molar-refractivity contribution in [2.24, 2.45) is 0 Å². The highest BCUT2D eigenvalue weighted by Crippen LogP contribution is 2.24. The number of anilines is 1. The van der Waals surface area contributed by atoms with Crippen LogP contribution in [0.4, 0.5) is 5.69 Å². The molecule has 0 radical (unpaired) electrons. The molecule has 5 heteroatoms. The second-order valence-electron chi connectivity index (χ2n) is 4.87. The summed E-state index contributed by atoms with van der Waals surface area (Å²) in [5.74, 6) is 0. The fraction of sp³-hybridized carbons (Fsp3) is 0. The highest BCUT2D eigenvalue weighted by atomic mass is 15.3. The van der Waals surface area contributed by atoms with Gasteiger partial charge in [-0.25, -0.2) is 9.67 Å². The first kappa shape index (κ1) is 11.7. The summed E-state index contributed by atoms with van der Waals surface area (Å²) in [5, 5.41) is 5.50. The molecule has 0 unspecified atom stereocenters. The summed E-state index contributed by atoms with van der Waals surface area (Å²) >= 11 is 0. The third-order valence-corrected chi connectivity index (χ3v) is 3.49. The van der Waals surface area contributed by atoms with Crippen LogP contribution in [0.25, 0.3) is 27.8 Å². The fourth-order valence-corrected chi connectivity index (χ4v) is 2.47. The third kappa shape index (κ3) is 1.95. The summed E-state index contributed by atoms with van der Waals surface area (Å²) < 4.78 is 1.86. The third-order valence-electron chi connectivity index (χ3n) is 3.49. The van der Waals surface area contributed by atoms with Crippen LogP contribution in [0.2, 0.25) is 0 Å². The number of hydrogen-bond donors (Lipinski definition) is 2. The number of fused-ring (bicyclic) bond motifs is 1. The number of aromatic nitrogens is 4. The van der Waals surface area contributed by atoms with Crippen molar-refractivity contribution in [1.29, 1.82) is 0 Å². The topological polar surface area (TPSA) is 72.5 Å². The second kappa shape index (κ2) is 4.49. The first-order valence-electron chi connectivity index (χ1n) is 6.64. The number of nitrogen functional groups attached to an aromatic ring is 1. The normalized spacial score (nSPS) is 11.0. The number of nitrogens with two attached hydrogens (primary N) is 1. The van der Waals surface area contributed by atoms with E-state index in [4.69, 9.17) is 5.73 Å². The van der Waals surface area contributed by atoms with Crippen molar-refractivity contribution in [3.63, 3.8) is 0 Å². The van der Waals surface area contributed by atoms with E-state index in [0.717, 1.165) is 33.5 Å². The van der Waals surface area contributed by atoms with Gasteiger partial charge in [-0.05, 0) is 29.8 Å². The molecule has 0 amide bonds. The van der Waals surface area contributed by atoms with Gasteiger partial charge >= 0.3 is 0 Å². The number of pyridine rings is 1. The lowest BCUT2D eigenvalue weighted by atomic mass is 10.1. The van der Waals surface area contributed by atoms with Crippen molar-refractivity contribution in [1.82, 2.24) is 19.7 Å². The van der Waals surface area contributed by atoms with Crippen LogP contribution in [-0.2, 0) is 0 Å². The molecule has 0 atom stereocenters. The molecule has 0 aliphatic rings. The van der Waals surface area contributed by atoms with E-state index in [0.29, 0.717) is 0 Å². The summed E-state index contributed by atoms with van der Waals surface area (Å²) in [7, 11) is 0. The monoisotopic (exact) mass is 275 g/mol. The van der Waals surface area contributed by atoms with Gasteiger partial charge in [0, 0.05) is 35.2 Å². The van der Waals surface area contributed by atoms with Crippen LogP contribution in [0.5, 0.6) is 0 Å². The van der Waals surface area contributed by atoms with E-state index < -0.39 is 0 Å². The van der Waals surface area contributed by atoms with Gasteiger partial charge in [0.05, 0.1) is 11.9 Å². The van der Waals surface area contributed by atoms with E-state index in [-0.39, 0.29) is 0 Å². The van der Waals surface area contributed by atoms with Crippen molar-refractivity contribution in [2.75, 3.05) is 5.73 Å². The summed E-state index contributed by atoms with van der Waals surface area (Å²) in [6.07, 6.45) is 7.49. The summed E-state index contributed by atoms with van der Waals surface area (Å²) in [6.45, 7) is 0. The zero-order valence-corrected chi connectivity index (χ0v) is 11.2. The highest BCUT2D eigenvalue weighted by Gasteiger charge is 2.08. The molecule has 0 aliphatic carbocycles. The molecule has 4 rings (SSSR count). The second-order valence-corrected chi connectivity index (χ2v) is 4.87. The van der Waals surface area contributed by atoms with Crippen LogP contribution in [-0.4, -0.2) is 19.7 Å². The lowest BCUT2D eigenvalue weighted by molar-refractivity contribution is 0.886. The Balaban J connectivity index is 1.83. The van der Waals surface area contributed by atoms with Crippen LogP contribution in [0, 0.1) is 0 Å². The molecular weight excluding hydrogens is 262 g/mol. The minimum absolute atomic E-state index is 0.747. The smallest absolute Gasteiger partial charge is 0.139 e. The predicted molar refractivity (Wildman–Crippen MR) is 83.1 cm³/mol. The molecule has 3 aromatic heterocycles. The molecule has 0 aliphatic heterocycles. The largest absolute Gasteiger partial charge is 0.399 e. The van der Waals surface area contributed by atoms with Crippen molar-refractivity contribution in [2.45, 2.75) is 0 Å². The Morgan fingerprint density at radius 3 is 2.95 bits per heavy atom. The van der Waals surface area contributed by atoms with Gasteiger partial charge in [-0.15, -0.1) is 0 Å². The minimum atomic E-state index is 0.747. The maximum atomic E-state index is 5.83. The molecule has 0 saturated carbocycles. The van der Waals surface area contributed by atoms with Crippen molar-refractivity contribution in [3.8, 4) is 16.8 Å². The van der Waals surface area contributed by atoms with Gasteiger partial charge in [0.2, 0.25) is 0 Å². The molecule has 102 valence electrons. The Kier molecular flexibility index (Phi) is 2.50. The number of rotatable bonds is 2. The van der Waals surface area contributed by atoms with Gasteiger partial charge in [-0.3, -0.25) is 0 Å². The SMILES string of the molecule is Nc1cccc(-c2cnn(-c3ccnc4[nH]ccc34)c2)c1. The van der Waals surface area contributed by atoms with E-state index in [1.54, 1.807) is 6.20 Å². The van der Waals surface area contributed by atoms with Gasteiger partial charge in [-0.1, -0.05) is 12.1 Å². The first-order chi connectivity index (χ1) is 10.3. The number of benzene rings is 1. The Hall–Kier alpha value is -3.08. The van der Waals surface area contributed by atoms with Gasteiger partial charge in [0.25, 0.3) is 0 Å². The number of aromatic amines is 1. The summed E-state index contributed by atoms with van der Waals surface area (Å²) in [6, 6.07) is 11.7. The molecule has 21 heavy (non-hydrogen) atoms. The molecule has 0 bridgehead atoms. The zero-order chi connectivity index (χ0) is 14.2. The van der Waals surface area contributed by atoms with E-state index in [9.17, 15) is 0 Å². The molecule has 3 heterocycles. The van der Waals surface area contributed by atoms with Crippen LogP contribution < -0.4 is 5.73 Å². The number of nitrogens with zero attached hydrogens (tertiary/aromatic N) is 3. The maximum absolute atomic E-state index is 5.83. The predicted octanol–water partition coefficient (Wildman–Crippen LogP) is 3.00. The molecule has 3 N–H and O–H groups in total. The lowest BCUT2D eigenvalue weighted by Crippen LogP contribution is -1.95. The van der Waals surface area contributed by atoms with Crippen molar-refractivity contribution >= 4 is 16.7 Å². The Labute approximate surface area is 121 Å². The van der Waals surface area contributed by atoms with Crippen molar-refractivity contribution in [3.05, 3.63) is 61.2 Å². The molecule has 0 spiro atoms. The van der Waals surface area contributed by atoms with Gasteiger partial charge in [0.1, 0.15) is 5.65 Å². The highest BCUT2D eigenvalue weighted by molar-refractivity contribution is 5.84. The van der Waals surface area contributed by atoms with Crippen LogP contribution in [0.15, 0.2) is 61.2 Å². The minimum Gasteiger partial charge on any atom is -0.399 e. The van der Waals surface area contributed by atoms with E-state index in [1.807, 2.05) is 59.7 Å². The molecule has 4 aromatic rings. The molecule has 1 aromatic carbocycles. The average Bonchev–Trinajstić information content (AvgIpc) is 3.16. The first-order valence-corrected chi connectivity index (χ1v) is 6.64. The van der Waals surface area contributed by atoms with Gasteiger partial charge in [0.15, 0.2) is 0 Å². The number of hydrogen-bond acceptors (Lipinski definition) is 3.